The quantitative estimate of drug-likeness (QED) is 0.688. The van der Waals surface area contributed by atoms with Crippen molar-refractivity contribution in [3.8, 4) is 0 Å². The lowest BCUT2D eigenvalue weighted by Gasteiger charge is -2.13. The van der Waals surface area contributed by atoms with Crippen molar-refractivity contribution in [1.82, 2.24) is 10.2 Å². The van der Waals surface area contributed by atoms with Gasteiger partial charge in [0.2, 0.25) is 5.91 Å². The second-order valence-corrected chi connectivity index (χ2v) is 5.10. The van der Waals surface area contributed by atoms with Gasteiger partial charge in [-0.15, -0.1) is 0 Å². The van der Waals surface area contributed by atoms with Crippen LogP contribution in [0.4, 0.5) is 0 Å². The van der Waals surface area contributed by atoms with Crippen LogP contribution in [0.1, 0.15) is 18.4 Å². The van der Waals surface area contributed by atoms with Gasteiger partial charge in [0, 0.05) is 6.54 Å². The smallest absolute Gasteiger partial charge is 0.237 e. The van der Waals surface area contributed by atoms with Crippen molar-refractivity contribution in [3.63, 3.8) is 0 Å². The minimum Gasteiger partial charge on any atom is -0.355 e. The zero-order chi connectivity index (χ0) is 14.1. The summed E-state index contributed by atoms with van der Waals surface area (Å²) >= 11 is 0. The SMILES string of the molecule is CN(C)CCCCNC(=O)[C@@H](N)Cc1ccccc1. The molecule has 1 aromatic carbocycles. The zero-order valence-electron chi connectivity index (χ0n) is 11.9. The maximum absolute atomic E-state index is 11.8. The molecule has 0 saturated carbocycles. The normalized spacial score (nSPS) is 12.4. The van der Waals surface area contributed by atoms with Crippen LogP contribution in [-0.2, 0) is 11.2 Å². The van der Waals surface area contributed by atoms with Crippen molar-refractivity contribution in [3.05, 3.63) is 35.9 Å². The fourth-order valence-corrected chi connectivity index (χ4v) is 1.86. The first-order valence-corrected chi connectivity index (χ1v) is 6.81. The summed E-state index contributed by atoms with van der Waals surface area (Å²) in [6.07, 6.45) is 2.66. The highest BCUT2D eigenvalue weighted by Gasteiger charge is 2.12. The number of carbonyl (C=O) groups excluding carboxylic acids is 1. The van der Waals surface area contributed by atoms with Crippen LogP contribution in [0.3, 0.4) is 0 Å². The number of nitrogens with one attached hydrogen (secondary N) is 1. The predicted molar refractivity (Wildman–Crippen MR) is 78.9 cm³/mol. The Morgan fingerprint density at radius 2 is 1.95 bits per heavy atom. The fourth-order valence-electron chi connectivity index (χ4n) is 1.86. The van der Waals surface area contributed by atoms with Crippen molar-refractivity contribution in [1.29, 1.82) is 0 Å². The standard InChI is InChI=1S/C15H25N3O/c1-18(2)11-7-6-10-17-15(19)14(16)12-13-8-4-3-5-9-13/h3-5,8-9,14H,6-7,10-12,16H2,1-2H3,(H,17,19)/t14-/m0/s1. The fraction of sp³-hybridized carbons (Fsp3) is 0.533. The Morgan fingerprint density at radius 1 is 1.26 bits per heavy atom. The molecule has 0 aliphatic heterocycles. The molecular formula is C15H25N3O. The summed E-state index contributed by atoms with van der Waals surface area (Å²) in [5, 5.41) is 2.89. The second-order valence-electron chi connectivity index (χ2n) is 5.10. The van der Waals surface area contributed by atoms with E-state index in [1.165, 1.54) is 0 Å². The van der Waals surface area contributed by atoms with Gasteiger partial charge < -0.3 is 16.0 Å². The topological polar surface area (TPSA) is 58.4 Å². The summed E-state index contributed by atoms with van der Waals surface area (Å²) in [6, 6.07) is 9.40. The van der Waals surface area contributed by atoms with Gasteiger partial charge in [-0.25, -0.2) is 0 Å². The van der Waals surface area contributed by atoms with E-state index in [0.29, 0.717) is 13.0 Å². The number of hydrogen-bond acceptors (Lipinski definition) is 3. The average molecular weight is 263 g/mol. The highest BCUT2D eigenvalue weighted by atomic mass is 16.2. The highest BCUT2D eigenvalue weighted by Crippen LogP contribution is 2.01. The summed E-state index contributed by atoms with van der Waals surface area (Å²) in [5.74, 6) is -0.0614. The maximum atomic E-state index is 11.8. The van der Waals surface area contributed by atoms with Gasteiger partial charge in [-0.2, -0.15) is 0 Å². The number of nitrogens with two attached hydrogens (primary N) is 1. The molecule has 3 N–H and O–H groups in total. The molecule has 1 aromatic rings. The van der Waals surface area contributed by atoms with Gasteiger partial charge in [0.1, 0.15) is 0 Å². The summed E-state index contributed by atoms with van der Waals surface area (Å²) in [7, 11) is 4.10. The Balaban J connectivity index is 2.18. The summed E-state index contributed by atoms with van der Waals surface area (Å²) in [4.78, 5) is 13.9. The molecule has 0 radical (unpaired) electrons. The van der Waals surface area contributed by atoms with Crippen LogP contribution >= 0.6 is 0 Å². The molecule has 1 atom stereocenters. The van der Waals surface area contributed by atoms with Gasteiger partial charge in [0.05, 0.1) is 6.04 Å². The third-order valence-electron chi connectivity index (χ3n) is 2.97. The van der Waals surface area contributed by atoms with E-state index in [4.69, 9.17) is 5.73 Å². The van der Waals surface area contributed by atoms with Crippen LogP contribution in [0.25, 0.3) is 0 Å². The number of hydrogen-bond donors (Lipinski definition) is 2. The summed E-state index contributed by atoms with van der Waals surface area (Å²) in [6.45, 7) is 1.75. The molecule has 4 heteroatoms. The van der Waals surface area contributed by atoms with Crippen LogP contribution in [0.2, 0.25) is 0 Å². The van der Waals surface area contributed by atoms with Crippen molar-refractivity contribution in [2.24, 2.45) is 5.73 Å². The first-order chi connectivity index (χ1) is 9.09. The molecule has 0 saturated heterocycles. The molecule has 0 spiro atoms. The van der Waals surface area contributed by atoms with Crippen LogP contribution in [0.15, 0.2) is 30.3 Å². The molecule has 0 aliphatic rings. The molecule has 0 bridgehead atoms. The van der Waals surface area contributed by atoms with Crippen LogP contribution in [0.5, 0.6) is 0 Å². The van der Waals surface area contributed by atoms with E-state index in [1.807, 2.05) is 44.4 Å². The predicted octanol–water partition coefficient (Wildman–Crippen LogP) is 1.01. The first kappa shape index (κ1) is 15.7. The third kappa shape index (κ3) is 6.94. The molecule has 19 heavy (non-hydrogen) atoms. The van der Waals surface area contributed by atoms with E-state index < -0.39 is 6.04 Å². The molecule has 106 valence electrons. The van der Waals surface area contributed by atoms with E-state index in [2.05, 4.69) is 10.2 Å². The number of unbranched alkanes of at least 4 members (excludes halogenated alkanes) is 1. The molecule has 0 aromatic heterocycles. The Bertz CT molecular complexity index is 365. The Hall–Kier alpha value is -1.39. The lowest BCUT2D eigenvalue weighted by Crippen LogP contribution is -2.42. The van der Waals surface area contributed by atoms with Gasteiger partial charge in [-0.1, -0.05) is 30.3 Å². The van der Waals surface area contributed by atoms with Gasteiger partial charge in [0.25, 0.3) is 0 Å². The van der Waals surface area contributed by atoms with E-state index in [1.54, 1.807) is 0 Å². The molecule has 0 fully saturated rings. The van der Waals surface area contributed by atoms with E-state index >= 15 is 0 Å². The average Bonchev–Trinajstić information content (AvgIpc) is 2.38. The lowest BCUT2D eigenvalue weighted by molar-refractivity contribution is -0.122. The lowest BCUT2D eigenvalue weighted by atomic mass is 10.1. The molecule has 0 heterocycles. The summed E-state index contributed by atoms with van der Waals surface area (Å²) < 4.78 is 0. The first-order valence-electron chi connectivity index (χ1n) is 6.81. The van der Waals surface area contributed by atoms with Crippen molar-refractivity contribution < 1.29 is 4.79 Å². The Morgan fingerprint density at radius 3 is 2.58 bits per heavy atom. The minimum absolute atomic E-state index is 0.0614. The van der Waals surface area contributed by atoms with Crippen molar-refractivity contribution in [2.75, 3.05) is 27.2 Å². The van der Waals surface area contributed by atoms with Gasteiger partial charge >= 0.3 is 0 Å². The molecule has 0 unspecified atom stereocenters. The van der Waals surface area contributed by atoms with E-state index in [0.717, 1.165) is 24.9 Å². The van der Waals surface area contributed by atoms with Gasteiger partial charge in [-0.3, -0.25) is 4.79 Å². The summed E-state index contributed by atoms with van der Waals surface area (Å²) in [5.41, 5.74) is 6.99. The highest BCUT2D eigenvalue weighted by molar-refractivity contribution is 5.81. The van der Waals surface area contributed by atoms with Crippen LogP contribution in [0, 0.1) is 0 Å². The second kappa shape index (κ2) is 8.67. The number of nitrogens with zero attached hydrogens (tertiary/aromatic N) is 1. The van der Waals surface area contributed by atoms with Gasteiger partial charge in [-0.05, 0) is 45.5 Å². The largest absolute Gasteiger partial charge is 0.355 e. The maximum Gasteiger partial charge on any atom is 0.237 e. The van der Waals surface area contributed by atoms with Gasteiger partial charge in [0.15, 0.2) is 0 Å². The Labute approximate surface area is 116 Å². The molecule has 1 rings (SSSR count). The van der Waals surface area contributed by atoms with Crippen LogP contribution < -0.4 is 11.1 Å². The zero-order valence-corrected chi connectivity index (χ0v) is 11.9. The monoisotopic (exact) mass is 263 g/mol. The van der Waals surface area contributed by atoms with E-state index in [-0.39, 0.29) is 5.91 Å². The number of rotatable bonds is 8. The number of amides is 1. The minimum atomic E-state index is -0.462. The number of benzene rings is 1. The molecule has 4 nitrogen and oxygen atoms in total. The molecule has 1 amide bonds. The third-order valence-corrected chi connectivity index (χ3v) is 2.97. The number of carbonyl (C=O) groups is 1. The van der Waals surface area contributed by atoms with Crippen LogP contribution in [-0.4, -0.2) is 44.0 Å². The van der Waals surface area contributed by atoms with Crippen molar-refractivity contribution in [2.45, 2.75) is 25.3 Å². The molecule has 0 aliphatic carbocycles. The molecular weight excluding hydrogens is 238 g/mol. The Kier molecular flexibility index (Phi) is 7.15. The van der Waals surface area contributed by atoms with E-state index in [9.17, 15) is 4.79 Å². The van der Waals surface area contributed by atoms with Crippen molar-refractivity contribution >= 4 is 5.91 Å².